The van der Waals surface area contributed by atoms with Crippen LogP contribution in [0.2, 0.25) is 0 Å². The first-order valence-electron chi connectivity index (χ1n) is 13.9. The molecule has 3 aromatic rings. The highest BCUT2D eigenvalue weighted by Crippen LogP contribution is 2.36. The van der Waals surface area contributed by atoms with Crippen LogP contribution in [-0.2, 0) is 35.3 Å². The highest BCUT2D eigenvalue weighted by atomic mass is 19.1. The summed E-state index contributed by atoms with van der Waals surface area (Å²) in [5, 5.41) is 26.3. The van der Waals surface area contributed by atoms with Crippen LogP contribution in [0.5, 0.6) is 23.0 Å². The smallest absolute Gasteiger partial charge is 0.303 e. The van der Waals surface area contributed by atoms with Crippen LogP contribution in [0.1, 0.15) is 47.6 Å². The summed E-state index contributed by atoms with van der Waals surface area (Å²) in [7, 11) is 0. The molecule has 1 fully saturated rings. The van der Waals surface area contributed by atoms with Gasteiger partial charge in [-0.1, -0.05) is 19.1 Å². The molecule has 0 spiro atoms. The summed E-state index contributed by atoms with van der Waals surface area (Å²) in [6.45, 7) is 6.46. The van der Waals surface area contributed by atoms with Gasteiger partial charge in [0.15, 0.2) is 0 Å². The van der Waals surface area contributed by atoms with Crippen LogP contribution in [0.15, 0.2) is 48.5 Å². The summed E-state index contributed by atoms with van der Waals surface area (Å²) in [6, 6.07) is 16.3. The molecule has 0 amide bonds. The molecule has 216 valence electrons. The molecule has 2 aliphatic heterocycles. The molecule has 3 aliphatic rings. The van der Waals surface area contributed by atoms with E-state index in [4.69, 9.17) is 24.4 Å². The normalized spacial score (nSPS) is 15.1. The molecular weight excluding hydrogens is 527 g/mol. The van der Waals surface area contributed by atoms with Gasteiger partial charge in [-0.05, 0) is 66.3 Å². The summed E-state index contributed by atoms with van der Waals surface area (Å²) in [6.07, 6.45) is 3.70. The number of fused-ring (bicyclic) bond motifs is 2. The van der Waals surface area contributed by atoms with Crippen LogP contribution in [0.3, 0.4) is 0 Å². The molecule has 0 radical (unpaired) electrons. The summed E-state index contributed by atoms with van der Waals surface area (Å²) in [5.41, 5.74) is 4.47. The maximum atomic E-state index is 13.9. The van der Waals surface area contributed by atoms with E-state index < -0.39 is 5.97 Å². The number of benzene rings is 3. The van der Waals surface area contributed by atoms with Crippen LogP contribution < -0.4 is 9.47 Å². The Labute approximate surface area is 239 Å². The predicted molar refractivity (Wildman–Crippen MR) is 151 cm³/mol. The summed E-state index contributed by atoms with van der Waals surface area (Å²) in [5.74, 6) is 1.40. The van der Waals surface area contributed by atoms with Crippen LogP contribution in [-0.4, -0.2) is 54.0 Å². The topological polar surface area (TPSA) is 112 Å². The number of hydrogen-bond acceptors (Lipinski definition) is 7. The Hall–Kier alpha value is -4.13. The second-order valence-electron chi connectivity index (χ2n) is 9.93. The highest BCUT2D eigenvalue weighted by molar-refractivity contribution is 5.66. The van der Waals surface area contributed by atoms with E-state index in [1.165, 1.54) is 11.6 Å². The number of ether oxygens (including phenoxy) is 3. The first kappa shape index (κ1) is 29.8. The fourth-order valence-electron chi connectivity index (χ4n) is 4.87. The zero-order chi connectivity index (χ0) is 29.2. The van der Waals surface area contributed by atoms with Gasteiger partial charge >= 0.3 is 5.97 Å². The first-order chi connectivity index (χ1) is 19.9. The standard InChI is InChI=1S/C21H21FN2O2.C8H8O2.C3H6O2/c22-19-5-7-21(18-3-1-2-17(18)19)26-20-6-4-15(12-16(20)13-23)14-24-8-10-25-11-9-24;9-7-2-1-6-3-4-10-8(6)5-7;1-2-3(4)5/h4-7,12H,1-3,8-11,14H2;1-2,5,9H,3-4H2;2H2,1H3,(H,4,5). The van der Waals surface area contributed by atoms with Gasteiger partial charge in [0.2, 0.25) is 0 Å². The summed E-state index contributed by atoms with van der Waals surface area (Å²) < 4.78 is 30.5. The maximum Gasteiger partial charge on any atom is 0.303 e. The Morgan fingerprint density at radius 1 is 1.02 bits per heavy atom. The van der Waals surface area contributed by atoms with Gasteiger partial charge in [-0.3, -0.25) is 9.69 Å². The van der Waals surface area contributed by atoms with Gasteiger partial charge in [0.05, 0.1) is 25.4 Å². The Balaban J connectivity index is 0.000000211. The number of nitrogens with zero attached hydrogens (tertiary/aromatic N) is 2. The lowest BCUT2D eigenvalue weighted by atomic mass is 10.1. The summed E-state index contributed by atoms with van der Waals surface area (Å²) in [4.78, 5) is 11.7. The Morgan fingerprint density at radius 2 is 1.76 bits per heavy atom. The van der Waals surface area contributed by atoms with Gasteiger partial charge in [0, 0.05) is 44.1 Å². The number of hydrogen-bond donors (Lipinski definition) is 2. The zero-order valence-corrected chi connectivity index (χ0v) is 23.2. The molecule has 9 heteroatoms. The molecule has 2 heterocycles. The second kappa shape index (κ2) is 14.5. The quantitative estimate of drug-likeness (QED) is 0.412. The molecule has 2 N–H and O–H groups in total. The van der Waals surface area contributed by atoms with E-state index in [0.717, 1.165) is 87.6 Å². The van der Waals surface area contributed by atoms with Gasteiger partial charge in [-0.15, -0.1) is 0 Å². The largest absolute Gasteiger partial charge is 0.508 e. The molecule has 1 aliphatic carbocycles. The molecule has 0 bridgehead atoms. The van der Waals surface area contributed by atoms with Crippen LogP contribution in [0.4, 0.5) is 4.39 Å². The van der Waals surface area contributed by atoms with E-state index in [1.54, 1.807) is 25.1 Å². The third kappa shape index (κ3) is 8.19. The zero-order valence-electron chi connectivity index (χ0n) is 23.2. The number of halogens is 1. The number of carbonyl (C=O) groups is 1. The van der Waals surface area contributed by atoms with Crippen molar-refractivity contribution in [2.45, 2.75) is 45.6 Å². The van der Waals surface area contributed by atoms with Gasteiger partial charge in [-0.25, -0.2) is 4.39 Å². The fraction of sp³-hybridized carbons (Fsp3) is 0.375. The van der Waals surface area contributed by atoms with Crippen molar-refractivity contribution in [2.75, 3.05) is 32.9 Å². The van der Waals surface area contributed by atoms with Crippen molar-refractivity contribution in [2.24, 2.45) is 0 Å². The Kier molecular flexibility index (Phi) is 10.5. The highest BCUT2D eigenvalue weighted by Gasteiger charge is 2.21. The number of carboxylic acid groups (broad SMARTS) is 1. The second-order valence-corrected chi connectivity index (χ2v) is 9.93. The van der Waals surface area contributed by atoms with Crippen molar-refractivity contribution in [3.8, 4) is 29.1 Å². The molecule has 1 saturated heterocycles. The van der Waals surface area contributed by atoms with Crippen molar-refractivity contribution >= 4 is 5.97 Å². The number of phenols is 1. The van der Waals surface area contributed by atoms with E-state index in [1.807, 2.05) is 24.3 Å². The molecule has 0 unspecified atom stereocenters. The average molecular weight is 563 g/mol. The molecule has 0 atom stereocenters. The van der Waals surface area contributed by atoms with Gasteiger partial charge in [0.1, 0.15) is 34.9 Å². The van der Waals surface area contributed by atoms with E-state index >= 15 is 0 Å². The SMILES string of the molecule is CCC(=O)O.N#Cc1cc(CN2CCOCC2)ccc1Oc1ccc(F)c2c1CCC2.Oc1ccc2c(c1)OCC2. The number of rotatable bonds is 5. The number of phenolic OH excluding ortho intramolecular Hbond substituents is 1. The number of aliphatic carboxylic acids is 1. The third-order valence-corrected chi connectivity index (χ3v) is 7.06. The Bertz CT molecular complexity index is 1400. The van der Waals surface area contributed by atoms with Crippen molar-refractivity contribution in [3.05, 3.63) is 82.2 Å². The lowest BCUT2D eigenvalue weighted by Crippen LogP contribution is -2.35. The molecule has 6 rings (SSSR count). The minimum atomic E-state index is -0.745. The summed E-state index contributed by atoms with van der Waals surface area (Å²) >= 11 is 0. The third-order valence-electron chi connectivity index (χ3n) is 7.06. The molecule has 0 aromatic heterocycles. The van der Waals surface area contributed by atoms with Crippen LogP contribution in [0.25, 0.3) is 0 Å². The van der Waals surface area contributed by atoms with E-state index in [2.05, 4.69) is 11.0 Å². The van der Waals surface area contributed by atoms with Gasteiger partial charge in [-0.2, -0.15) is 5.26 Å². The fourth-order valence-corrected chi connectivity index (χ4v) is 4.87. The van der Waals surface area contributed by atoms with E-state index in [-0.39, 0.29) is 18.0 Å². The van der Waals surface area contributed by atoms with Crippen molar-refractivity contribution in [1.29, 1.82) is 5.26 Å². The minimum absolute atomic E-state index is 0.161. The number of nitriles is 1. The maximum absolute atomic E-state index is 13.9. The molecular formula is C32H35FN2O6. The van der Waals surface area contributed by atoms with Crippen LogP contribution >= 0.6 is 0 Å². The average Bonchev–Trinajstić information content (AvgIpc) is 3.67. The number of carboxylic acids is 1. The van der Waals surface area contributed by atoms with Gasteiger partial charge < -0.3 is 24.4 Å². The first-order valence-corrected chi connectivity index (χ1v) is 13.9. The van der Waals surface area contributed by atoms with Crippen molar-refractivity contribution in [3.63, 3.8) is 0 Å². The molecule has 41 heavy (non-hydrogen) atoms. The number of aromatic hydroxyl groups is 1. The van der Waals surface area contributed by atoms with Crippen molar-refractivity contribution < 1.29 is 33.6 Å². The van der Waals surface area contributed by atoms with E-state index in [9.17, 15) is 14.4 Å². The Morgan fingerprint density at radius 3 is 2.49 bits per heavy atom. The van der Waals surface area contributed by atoms with E-state index in [0.29, 0.717) is 17.1 Å². The van der Waals surface area contributed by atoms with Gasteiger partial charge in [0.25, 0.3) is 0 Å². The minimum Gasteiger partial charge on any atom is -0.508 e. The monoisotopic (exact) mass is 562 g/mol. The molecule has 3 aromatic carbocycles. The molecule has 8 nitrogen and oxygen atoms in total. The number of morpholine rings is 1. The molecule has 0 saturated carbocycles. The van der Waals surface area contributed by atoms with Crippen LogP contribution in [0, 0.1) is 17.1 Å². The van der Waals surface area contributed by atoms with Crippen molar-refractivity contribution in [1.82, 2.24) is 4.90 Å². The lowest BCUT2D eigenvalue weighted by Gasteiger charge is -2.26. The lowest BCUT2D eigenvalue weighted by molar-refractivity contribution is -0.136. The predicted octanol–water partition coefficient (Wildman–Crippen LogP) is 5.62.